The third-order valence-corrected chi connectivity index (χ3v) is 3.66. The molecule has 2 aromatic rings. The number of halogens is 1. The molecule has 2 N–H and O–H groups in total. The lowest BCUT2D eigenvalue weighted by molar-refractivity contribution is -0.146. The van der Waals surface area contributed by atoms with Crippen molar-refractivity contribution >= 4 is 23.5 Å². The molecule has 2 amide bonds. The van der Waals surface area contributed by atoms with E-state index in [2.05, 4.69) is 10.6 Å². The summed E-state index contributed by atoms with van der Waals surface area (Å²) in [6, 6.07) is 10.6. The number of carbonyl (C=O) groups excluding carboxylic acids is 3. The summed E-state index contributed by atoms with van der Waals surface area (Å²) in [7, 11) is 0. The van der Waals surface area contributed by atoms with Gasteiger partial charge in [-0.3, -0.25) is 14.4 Å². The maximum Gasteiger partial charge on any atom is 0.325 e. The molecule has 0 unspecified atom stereocenters. The second kappa shape index (κ2) is 10.1. The van der Waals surface area contributed by atoms with E-state index in [1.54, 1.807) is 38.1 Å². The number of ether oxygens (including phenoxy) is 2. The second-order valence-corrected chi connectivity index (χ2v) is 5.78. The van der Waals surface area contributed by atoms with Crippen molar-refractivity contribution in [3.63, 3.8) is 0 Å². The average molecular weight is 388 g/mol. The molecule has 8 heteroatoms. The van der Waals surface area contributed by atoms with Gasteiger partial charge in [0.05, 0.1) is 12.2 Å². The zero-order valence-electron chi connectivity index (χ0n) is 15.6. The first-order valence-electron chi connectivity index (χ1n) is 8.62. The Hall–Kier alpha value is -3.42. The van der Waals surface area contributed by atoms with E-state index in [4.69, 9.17) is 9.47 Å². The first-order chi connectivity index (χ1) is 13.4. The van der Waals surface area contributed by atoms with Gasteiger partial charge in [0.25, 0.3) is 11.8 Å². The van der Waals surface area contributed by atoms with Gasteiger partial charge in [-0.15, -0.1) is 0 Å². The number of rotatable bonds is 8. The summed E-state index contributed by atoms with van der Waals surface area (Å²) in [5.74, 6) is -1.99. The van der Waals surface area contributed by atoms with E-state index in [-0.39, 0.29) is 5.56 Å². The van der Waals surface area contributed by atoms with E-state index in [1.165, 1.54) is 18.2 Å². The fourth-order valence-corrected chi connectivity index (χ4v) is 2.30. The molecule has 28 heavy (non-hydrogen) atoms. The molecule has 0 atom stereocenters. The molecule has 0 bridgehead atoms. The monoisotopic (exact) mass is 388 g/mol. The van der Waals surface area contributed by atoms with Gasteiger partial charge in [0.2, 0.25) is 0 Å². The Morgan fingerprint density at radius 2 is 1.86 bits per heavy atom. The number of nitrogens with one attached hydrogen (secondary N) is 2. The summed E-state index contributed by atoms with van der Waals surface area (Å²) in [5.41, 5.74) is 1.25. The number of esters is 1. The molecule has 0 heterocycles. The first-order valence-corrected chi connectivity index (χ1v) is 8.62. The molecule has 0 spiro atoms. The lowest BCUT2D eigenvalue weighted by Crippen LogP contribution is -2.32. The van der Waals surface area contributed by atoms with Gasteiger partial charge in [-0.2, -0.15) is 0 Å². The van der Waals surface area contributed by atoms with Gasteiger partial charge in [0, 0.05) is 5.69 Å². The highest BCUT2D eigenvalue weighted by Crippen LogP contribution is 2.17. The van der Waals surface area contributed by atoms with Crippen molar-refractivity contribution in [1.29, 1.82) is 0 Å². The Morgan fingerprint density at radius 1 is 1.11 bits per heavy atom. The zero-order chi connectivity index (χ0) is 20.5. The van der Waals surface area contributed by atoms with Gasteiger partial charge in [-0.1, -0.05) is 18.2 Å². The normalized spacial score (nSPS) is 10.1. The quantitative estimate of drug-likeness (QED) is 0.678. The van der Waals surface area contributed by atoms with Crippen LogP contribution in [0.4, 0.5) is 10.1 Å². The summed E-state index contributed by atoms with van der Waals surface area (Å²) < 4.78 is 23.4. The van der Waals surface area contributed by atoms with E-state index in [0.29, 0.717) is 23.6 Å². The summed E-state index contributed by atoms with van der Waals surface area (Å²) in [4.78, 5) is 35.8. The summed E-state index contributed by atoms with van der Waals surface area (Å²) in [6.07, 6.45) is 0. The minimum atomic E-state index is -0.784. The van der Waals surface area contributed by atoms with Crippen LogP contribution in [-0.4, -0.2) is 37.5 Å². The lowest BCUT2D eigenvalue weighted by atomic mass is 10.2. The number of carbonyl (C=O) groups is 3. The van der Waals surface area contributed by atoms with Crippen molar-refractivity contribution < 1.29 is 28.2 Å². The highest BCUT2D eigenvalue weighted by molar-refractivity contribution is 5.98. The van der Waals surface area contributed by atoms with Gasteiger partial charge in [0.1, 0.15) is 18.1 Å². The maximum absolute atomic E-state index is 13.2. The van der Waals surface area contributed by atoms with Crippen molar-refractivity contribution in [2.24, 2.45) is 0 Å². The van der Waals surface area contributed by atoms with Crippen LogP contribution in [0.25, 0.3) is 0 Å². The summed E-state index contributed by atoms with van der Waals surface area (Å²) in [5, 5.41) is 4.87. The molecular weight excluding hydrogens is 367 g/mol. The second-order valence-electron chi connectivity index (χ2n) is 5.78. The highest BCUT2D eigenvalue weighted by Gasteiger charge is 2.14. The van der Waals surface area contributed by atoms with Crippen LogP contribution in [0.15, 0.2) is 42.5 Å². The molecule has 0 aromatic heterocycles. The molecule has 2 aromatic carbocycles. The van der Waals surface area contributed by atoms with Crippen molar-refractivity contribution in [1.82, 2.24) is 5.32 Å². The first kappa shape index (κ1) is 20.9. The minimum absolute atomic E-state index is 0.288. The molecular formula is C20H21FN2O5. The largest absolute Gasteiger partial charge is 0.493 e. The van der Waals surface area contributed by atoms with Crippen LogP contribution in [0.3, 0.4) is 0 Å². The summed E-state index contributed by atoms with van der Waals surface area (Å²) >= 11 is 0. The third kappa shape index (κ3) is 6.08. The van der Waals surface area contributed by atoms with Crippen LogP contribution in [-0.2, 0) is 14.3 Å². The Morgan fingerprint density at radius 3 is 2.61 bits per heavy atom. The van der Waals surface area contributed by atoms with Crippen LogP contribution < -0.4 is 15.4 Å². The predicted octanol–water partition coefficient (Wildman–Crippen LogP) is 2.44. The number of hydrogen-bond acceptors (Lipinski definition) is 5. The van der Waals surface area contributed by atoms with Gasteiger partial charge in [-0.05, 0) is 43.7 Å². The smallest absolute Gasteiger partial charge is 0.325 e. The Kier molecular flexibility index (Phi) is 7.50. The molecule has 2 rings (SSSR count). The summed E-state index contributed by atoms with van der Waals surface area (Å²) in [6.45, 7) is 2.93. The Balaban J connectivity index is 1.80. The molecule has 0 saturated heterocycles. The zero-order valence-corrected chi connectivity index (χ0v) is 15.6. The van der Waals surface area contributed by atoms with Gasteiger partial charge < -0.3 is 20.1 Å². The van der Waals surface area contributed by atoms with Crippen LogP contribution in [0.5, 0.6) is 5.75 Å². The standard InChI is InChI=1S/C20H21FN2O5/c1-3-27-17-7-5-4-6-15(17)20(26)22-11-19(25)28-12-18(24)23-16-10-14(21)9-8-13(16)2/h4-10H,3,11-12H2,1-2H3,(H,22,26)(H,23,24). The topological polar surface area (TPSA) is 93.7 Å². The lowest BCUT2D eigenvalue weighted by Gasteiger charge is -2.11. The van der Waals surface area contributed by atoms with E-state index >= 15 is 0 Å². The van der Waals surface area contributed by atoms with E-state index in [9.17, 15) is 18.8 Å². The molecule has 0 radical (unpaired) electrons. The molecule has 0 aliphatic rings. The van der Waals surface area contributed by atoms with Crippen LogP contribution in [0.2, 0.25) is 0 Å². The highest BCUT2D eigenvalue weighted by atomic mass is 19.1. The van der Waals surface area contributed by atoms with E-state index < -0.39 is 36.8 Å². The molecule has 7 nitrogen and oxygen atoms in total. The maximum atomic E-state index is 13.2. The number of hydrogen-bond donors (Lipinski definition) is 2. The minimum Gasteiger partial charge on any atom is -0.493 e. The van der Waals surface area contributed by atoms with Gasteiger partial charge in [0.15, 0.2) is 6.61 Å². The van der Waals surface area contributed by atoms with Crippen molar-refractivity contribution in [3.05, 3.63) is 59.4 Å². The Bertz CT molecular complexity index is 869. The third-order valence-electron chi connectivity index (χ3n) is 3.66. The fourth-order valence-electron chi connectivity index (χ4n) is 2.30. The fraction of sp³-hybridized carbons (Fsp3) is 0.250. The average Bonchev–Trinajstić information content (AvgIpc) is 2.68. The van der Waals surface area contributed by atoms with Crippen LogP contribution in [0.1, 0.15) is 22.8 Å². The number of amides is 2. The van der Waals surface area contributed by atoms with Gasteiger partial charge >= 0.3 is 5.97 Å². The van der Waals surface area contributed by atoms with E-state index in [1.807, 2.05) is 0 Å². The number of para-hydroxylation sites is 1. The Labute approximate surface area is 161 Å². The van der Waals surface area contributed by atoms with Crippen LogP contribution in [0, 0.1) is 12.7 Å². The molecule has 0 aliphatic heterocycles. The number of aryl methyl sites for hydroxylation is 1. The SMILES string of the molecule is CCOc1ccccc1C(=O)NCC(=O)OCC(=O)Nc1cc(F)ccc1C. The molecule has 0 aliphatic carbocycles. The number of anilines is 1. The molecule has 148 valence electrons. The van der Waals surface area contributed by atoms with Crippen molar-refractivity contribution in [2.75, 3.05) is 25.1 Å². The van der Waals surface area contributed by atoms with Crippen molar-refractivity contribution in [3.8, 4) is 5.75 Å². The van der Waals surface area contributed by atoms with E-state index in [0.717, 1.165) is 0 Å². The molecule has 0 saturated carbocycles. The van der Waals surface area contributed by atoms with Gasteiger partial charge in [-0.25, -0.2) is 4.39 Å². The van der Waals surface area contributed by atoms with Crippen LogP contribution >= 0.6 is 0 Å². The predicted molar refractivity (Wildman–Crippen MR) is 101 cm³/mol. The van der Waals surface area contributed by atoms with Crippen molar-refractivity contribution in [2.45, 2.75) is 13.8 Å². The number of benzene rings is 2. The molecule has 0 fully saturated rings.